The van der Waals surface area contributed by atoms with Crippen LogP contribution >= 0.6 is 11.3 Å². The van der Waals surface area contributed by atoms with Crippen LogP contribution in [-0.4, -0.2) is 25.9 Å². The monoisotopic (exact) mass is 415 g/mol. The normalized spacial score (nSPS) is 11.4. The molecule has 4 rings (SSSR count). The molecular weight excluding hydrogens is 403 g/mol. The van der Waals surface area contributed by atoms with E-state index < -0.39 is 17.8 Å². The van der Waals surface area contributed by atoms with Gasteiger partial charge >= 0.3 is 6.18 Å². The van der Waals surface area contributed by atoms with Crippen molar-refractivity contribution in [3.05, 3.63) is 78.1 Å². The molecule has 10 heteroatoms. The van der Waals surface area contributed by atoms with Crippen molar-refractivity contribution in [2.75, 3.05) is 5.32 Å². The summed E-state index contributed by atoms with van der Waals surface area (Å²) in [7, 11) is 0. The maximum Gasteiger partial charge on any atom is 0.435 e. The van der Waals surface area contributed by atoms with Gasteiger partial charge in [-0.05, 0) is 30.3 Å². The summed E-state index contributed by atoms with van der Waals surface area (Å²) in [5, 5.41) is 15.2. The highest BCUT2D eigenvalue weighted by Gasteiger charge is 2.33. The molecule has 1 amide bonds. The number of carbonyl (C=O) groups excluding carboxylic acids is 1. The number of amides is 1. The van der Waals surface area contributed by atoms with Gasteiger partial charge in [-0.25, -0.2) is 4.68 Å². The van der Waals surface area contributed by atoms with Crippen LogP contribution in [0.15, 0.2) is 66.9 Å². The minimum absolute atomic E-state index is 0.327. The molecule has 1 N–H and O–H groups in total. The van der Waals surface area contributed by atoms with Crippen molar-refractivity contribution in [1.82, 2.24) is 20.0 Å². The van der Waals surface area contributed by atoms with E-state index in [1.807, 2.05) is 30.3 Å². The predicted molar refractivity (Wildman–Crippen MR) is 102 cm³/mol. The Bertz CT molecular complexity index is 1140. The first-order valence-electron chi connectivity index (χ1n) is 8.34. The van der Waals surface area contributed by atoms with E-state index >= 15 is 0 Å². The molecule has 29 heavy (non-hydrogen) atoms. The third-order valence-corrected chi connectivity index (χ3v) is 4.83. The highest BCUT2D eigenvalue weighted by molar-refractivity contribution is 7.18. The molecule has 0 atom stereocenters. The molecule has 2 aromatic heterocycles. The van der Waals surface area contributed by atoms with Gasteiger partial charge < -0.3 is 0 Å². The van der Waals surface area contributed by atoms with Crippen LogP contribution in [0.5, 0.6) is 0 Å². The van der Waals surface area contributed by atoms with E-state index in [2.05, 4.69) is 20.6 Å². The quantitative estimate of drug-likeness (QED) is 0.526. The molecule has 0 unspecified atom stereocenters. The number of benzene rings is 2. The summed E-state index contributed by atoms with van der Waals surface area (Å²) in [6, 6.07) is 16.4. The van der Waals surface area contributed by atoms with Crippen LogP contribution in [0.25, 0.3) is 16.3 Å². The number of alkyl halides is 3. The number of anilines is 1. The Morgan fingerprint density at radius 3 is 2.34 bits per heavy atom. The number of rotatable bonds is 4. The Labute approximate surface area is 166 Å². The topological polar surface area (TPSA) is 72.7 Å². The average Bonchev–Trinajstić information content (AvgIpc) is 3.38. The van der Waals surface area contributed by atoms with Gasteiger partial charge in [-0.1, -0.05) is 41.7 Å². The van der Waals surface area contributed by atoms with Gasteiger partial charge in [-0.2, -0.15) is 18.3 Å². The summed E-state index contributed by atoms with van der Waals surface area (Å²) in [5.74, 6) is -0.399. The van der Waals surface area contributed by atoms with Gasteiger partial charge in [0.25, 0.3) is 5.91 Å². The molecule has 0 aliphatic heterocycles. The van der Waals surface area contributed by atoms with Gasteiger partial charge in [-0.3, -0.25) is 10.1 Å². The highest BCUT2D eigenvalue weighted by Crippen LogP contribution is 2.28. The maximum absolute atomic E-state index is 12.7. The Kier molecular flexibility index (Phi) is 4.85. The summed E-state index contributed by atoms with van der Waals surface area (Å²) in [5.41, 5.74) is 0.643. The summed E-state index contributed by atoms with van der Waals surface area (Å²) in [6.45, 7) is 0. The molecule has 0 spiro atoms. The zero-order chi connectivity index (χ0) is 20.4. The van der Waals surface area contributed by atoms with Crippen molar-refractivity contribution in [1.29, 1.82) is 0 Å². The van der Waals surface area contributed by atoms with Gasteiger partial charge in [0, 0.05) is 17.3 Å². The van der Waals surface area contributed by atoms with Crippen LogP contribution in [0.4, 0.5) is 18.3 Å². The molecule has 0 aliphatic carbocycles. The Balaban J connectivity index is 1.46. The average molecular weight is 415 g/mol. The van der Waals surface area contributed by atoms with Crippen LogP contribution in [0, 0.1) is 0 Å². The fourth-order valence-electron chi connectivity index (χ4n) is 2.52. The molecule has 0 saturated heterocycles. The van der Waals surface area contributed by atoms with E-state index in [0.717, 1.165) is 16.3 Å². The fraction of sp³-hybridized carbons (Fsp3) is 0.0526. The van der Waals surface area contributed by atoms with Crippen molar-refractivity contribution >= 4 is 22.4 Å². The largest absolute Gasteiger partial charge is 0.435 e. The van der Waals surface area contributed by atoms with E-state index in [4.69, 9.17) is 0 Å². The van der Waals surface area contributed by atoms with Crippen LogP contribution in [0.1, 0.15) is 16.1 Å². The summed E-state index contributed by atoms with van der Waals surface area (Å²) < 4.78 is 39.1. The molecular formula is C19H12F3N5OS. The molecule has 2 aromatic carbocycles. The molecule has 6 nitrogen and oxygen atoms in total. The smallest absolute Gasteiger partial charge is 0.296 e. The first-order valence-corrected chi connectivity index (χ1v) is 9.15. The van der Waals surface area contributed by atoms with Gasteiger partial charge in [0.05, 0.1) is 5.69 Å². The minimum Gasteiger partial charge on any atom is -0.296 e. The first-order chi connectivity index (χ1) is 13.9. The van der Waals surface area contributed by atoms with Crippen LogP contribution < -0.4 is 5.32 Å². The van der Waals surface area contributed by atoms with Crippen molar-refractivity contribution in [3.8, 4) is 16.3 Å². The first kappa shape index (κ1) is 18.8. The minimum atomic E-state index is -4.51. The lowest BCUT2D eigenvalue weighted by Crippen LogP contribution is -2.12. The van der Waals surface area contributed by atoms with Crippen molar-refractivity contribution in [3.63, 3.8) is 0 Å². The third kappa shape index (κ3) is 4.16. The lowest BCUT2D eigenvalue weighted by Gasteiger charge is -2.05. The van der Waals surface area contributed by atoms with Gasteiger partial charge in [-0.15, -0.1) is 10.2 Å². The van der Waals surface area contributed by atoms with E-state index in [-0.39, 0.29) is 0 Å². The van der Waals surface area contributed by atoms with Crippen molar-refractivity contribution in [2.24, 2.45) is 0 Å². The number of nitrogens with zero attached hydrogens (tertiary/aromatic N) is 4. The molecule has 0 bridgehead atoms. The van der Waals surface area contributed by atoms with Gasteiger partial charge in [0.2, 0.25) is 5.13 Å². The van der Waals surface area contributed by atoms with Crippen molar-refractivity contribution in [2.45, 2.75) is 6.18 Å². The third-order valence-electron chi connectivity index (χ3n) is 3.94. The Morgan fingerprint density at radius 1 is 0.966 bits per heavy atom. The van der Waals surface area contributed by atoms with Crippen LogP contribution in [0.2, 0.25) is 0 Å². The number of nitrogens with one attached hydrogen (secondary N) is 1. The SMILES string of the molecule is O=C(Nc1nnc(-c2ccccc2)s1)c1ccc(-n2ccc(C(F)(F)F)n2)cc1. The molecule has 2 heterocycles. The lowest BCUT2D eigenvalue weighted by molar-refractivity contribution is -0.141. The van der Waals surface area contributed by atoms with E-state index in [1.54, 1.807) is 0 Å². The molecule has 4 aromatic rings. The summed E-state index contributed by atoms with van der Waals surface area (Å²) >= 11 is 1.24. The molecule has 0 radical (unpaired) electrons. The molecule has 146 valence electrons. The number of hydrogen-bond acceptors (Lipinski definition) is 5. The fourth-order valence-corrected chi connectivity index (χ4v) is 3.27. The van der Waals surface area contributed by atoms with Gasteiger partial charge in [0.1, 0.15) is 5.01 Å². The standard InChI is InChI=1S/C19H12F3N5OS/c20-19(21,22)15-10-11-27(26-15)14-8-6-12(7-9-14)16(28)23-18-25-24-17(29-18)13-4-2-1-3-5-13/h1-11H,(H,23,25,28). The highest BCUT2D eigenvalue weighted by atomic mass is 32.1. The maximum atomic E-state index is 12.7. The summed E-state index contributed by atoms with van der Waals surface area (Å²) in [4.78, 5) is 12.4. The van der Waals surface area contributed by atoms with E-state index in [0.29, 0.717) is 21.4 Å². The van der Waals surface area contributed by atoms with Gasteiger partial charge in [0.15, 0.2) is 5.69 Å². The lowest BCUT2D eigenvalue weighted by atomic mass is 10.2. The zero-order valence-electron chi connectivity index (χ0n) is 14.6. The number of carbonyl (C=O) groups is 1. The van der Waals surface area contributed by atoms with Crippen molar-refractivity contribution < 1.29 is 18.0 Å². The second-order valence-corrected chi connectivity index (χ2v) is 6.90. The van der Waals surface area contributed by atoms with E-state index in [1.165, 1.54) is 41.8 Å². The zero-order valence-corrected chi connectivity index (χ0v) is 15.4. The van der Waals surface area contributed by atoms with Crippen LogP contribution in [0.3, 0.4) is 0 Å². The summed E-state index contributed by atoms with van der Waals surface area (Å²) in [6.07, 6.45) is -3.30. The second-order valence-electron chi connectivity index (χ2n) is 5.92. The molecule has 0 aliphatic rings. The number of halogens is 3. The second kappa shape index (κ2) is 7.47. The number of aromatic nitrogens is 4. The Morgan fingerprint density at radius 2 is 1.69 bits per heavy atom. The number of hydrogen-bond donors (Lipinski definition) is 1. The molecule has 0 saturated carbocycles. The van der Waals surface area contributed by atoms with E-state index in [9.17, 15) is 18.0 Å². The molecule has 0 fully saturated rings. The van der Waals surface area contributed by atoms with Crippen LogP contribution in [-0.2, 0) is 6.18 Å². The predicted octanol–water partition coefficient (Wildman–Crippen LogP) is 4.66. The Hall–Kier alpha value is -3.53.